The minimum atomic E-state index is -0.568. The Morgan fingerprint density at radius 2 is 1.74 bits per heavy atom. The second-order valence-electron chi connectivity index (χ2n) is 10.1. The summed E-state index contributed by atoms with van der Waals surface area (Å²) in [6.45, 7) is 2.05. The molecule has 6 rings (SSSR count). The monoisotopic (exact) mass is 457 g/mol. The predicted molar refractivity (Wildman–Crippen MR) is 126 cm³/mol. The Balaban J connectivity index is 1.20. The number of phenolic OH excluding ortho intramolecular Hbond substituents is 1. The number of carbonyl (C=O) groups excluding carboxylic acids is 3. The average molecular weight is 458 g/mol. The molecule has 2 amide bonds. The first-order valence-electron chi connectivity index (χ1n) is 12.0. The molecule has 2 aromatic rings. The van der Waals surface area contributed by atoms with E-state index in [1.54, 1.807) is 6.07 Å². The molecule has 0 unspecified atom stereocenters. The molecule has 2 aromatic carbocycles. The van der Waals surface area contributed by atoms with Gasteiger partial charge in [0.15, 0.2) is 0 Å². The maximum Gasteiger partial charge on any atom is 0.256 e. The number of amidine groups is 1. The van der Waals surface area contributed by atoms with Crippen molar-refractivity contribution in [2.45, 2.75) is 37.6 Å². The van der Waals surface area contributed by atoms with Crippen molar-refractivity contribution in [3.63, 3.8) is 0 Å². The van der Waals surface area contributed by atoms with E-state index in [0.29, 0.717) is 18.0 Å². The lowest BCUT2D eigenvalue weighted by Crippen LogP contribution is -2.55. The lowest BCUT2D eigenvalue weighted by atomic mass is 9.97. The number of aliphatic imine (C=N–C) groups is 1. The number of amides is 2. The number of nitrogens with zero attached hydrogens (tertiary/aromatic N) is 3. The smallest absolute Gasteiger partial charge is 0.256 e. The number of rotatable bonds is 7. The molecule has 2 aliphatic carbocycles. The molecule has 4 aliphatic rings. The summed E-state index contributed by atoms with van der Waals surface area (Å²) in [6.07, 6.45) is 4.58. The Morgan fingerprint density at radius 1 is 1.06 bits per heavy atom. The molecular formula is C27H27N3O4. The van der Waals surface area contributed by atoms with Gasteiger partial charge >= 0.3 is 0 Å². The Morgan fingerprint density at radius 3 is 2.38 bits per heavy atom. The van der Waals surface area contributed by atoms with Gasteiger partial charge in [0, 0.05) is 49.0 Å². The van der Waals surface area contributed by atoms with Gasteiger partial charge in [0.2, 0.25) is 5.91 Å². The fraction of sp³-hybridized carbons (Fsp3) is 0.407. The maximum absolute atomic E-state index is 13.2. The van der Waals surface area contributed by atoms with Crippen LogP contribution in [0.4, 0.5) is 0 Å². The highest BCUT2D eigenvalue weighted by molar-refractivity contribution is 6.16. The number of benzene rings is 2. The van der Waals surface area contributed by atoms with E-state index >= 15 is 0 Å². The minimum Gasteiger partial charge on any atom is -0.508 e. The zero-order valence-electron chi connectivity index (χ0n) is 18.9. The van der Waals surface area contributed by atoms with E-state index in [4.69, 9.17) is 4.99 Å². The van der Waals surface area contributed by atoms with E-state index in [-0.39, 0.29) is 29.9 Å². The Hall–Kier alpha value is -3.48. The van der Waals surface area contributed by atoms with Crippen LogP contribution in [0, 0.1) is 11.8 Å². The molecule has 7 nitrogen and oxygen atoms in total. The first-order valence-corrected chi connectivity index (χ1v) is 12.0. The van der Waals surface area contributed by atoms with E-state index in [1.165, 1.54) is 0 Å². The molecule has 2 saturated carbocycles. The van der Waals surface area contributed by atoms with Crippen LogP contribution in [0.15, 0.2) is 47.5 Å². The first kappa shape index (κ1) is 21.1. The molecule has 0 atom stereocenters. The highest BCUT2D eigenvalue weighted by Crippen LogP contribution is 2.46. The Bertz CT molecular complexity index is 1200. The summed E-state index contributed by atoms with van der Waals surface area (Å²) in [5.74, 6) is 1.74. The molecule has 0 bridgehead atoms. The number of aromatic hydroxyl groups is 1. The summed E-state index contributed by atoms with van der Waals surface area (Å²) in [5, 5.41) is 9.95. The zero-order valence-corrected chi connectivity index (χ0v) is 18.9. The van der Waals surface area contributed by atoms with Crippen LogP contribution < -0.4 is 0 Å². The van der Waals surface area contributed by atoms with Crippen LogP contribution in [-0.4, -0.2) is 64.0 Å². The zero-order chi connectivity index (χ0) is 23.4. The topological polar surface area (TPSA) is 90.3 Å². The maximum atomic E-state index is 13.2. The van der Waals surface area contributed by atoms with E-state index in [9.17, 15) is 19.5 Å². The number of hydrogen-bond donors (Lipinski definition) is 1. The van der Waals surface area contributed by atoms with Crippen LogP contribution in [0.2, 0.25) is 0 Å². The second-order valence-corrected chi connectivity index (χ2v) is 10.1. The number of phenols is 1. The molecule has 7 heteroatoms. The van der Waals surface area contributed by atoms with Crippen molar-refractivity contribution in [1.82, 2.24) is 9.80 Å². The van der Waals surface area contributed by atoms with Gasteiger partial charge in [-0.05, 0) is 48.9 Å². The molecule has 2 aliphatic heterocycles. The molecule has 1 saturated heterocycles. The van der Waals surface area contributed by atoms with Gasteiger partial charge in [-0.2, -0.15) is 0 Å². The minimum absolute atomic E-state index is 0.0931. The van der Waals surface area contributed by atoms with Crippen molar-refractivity contribution in [2.24, 2.45) is 16.8 Å². The lowest BCUT2D eigenvalue weighted by molar-refractivity contribution is -0.139. The van der Waals surface area contributed by atoms with Crippen molar-refractivity contribution in [2.75, 3.05) is 19.6 Å². The van der Waals surface area contributed by atoms with Gasteiger partial charge in [-0.25, -0.2) is 0 Å². The van der Waals surface area contributed by atoms with E-state index in [0.717, 1.165) is 67.6 Å². The van der Waals surface area contributed by atoms with E-state index in [2.05, 4.69) is 0 Å². The molecule has 174 valence electrons. The number of hydrogen-bond acceptors (Lipinski definition) is 5. The standard InChI is InChI=1S/C27H27N3O4/c31-12-9-22-13-21(7-8-23(22)32)18-1-3-19(4-2-18)24-28-27(10-11-27)26(34)30(24)16-17-14-29(15-17)25(33)20-5-6-20/h1-4,7-8,12-13,17,20,32H,5-6,9-11,14-16H2. The van der Waals surface area contributed by atoms with Crippen molar-refractivity contribution >= 4 is 23.9 Å². The van der Waals surface area contributed by atoms with Crippen LogP contribution in [0.5, 0.6) is 5.75 Å². The first-order chi connectivity index (χ1) is 16.5. The summed E-state index contributed by atoms with van der Waals surface area (Å²) in [6, 6.07) is 13.2. The molecular weight excluding hydrogens is 430 g/mol. The Labute approximate surface area is 198 Å². The summed E-state index contributed by atoms with van der Waals surface area (Å²) in [4.78, 5) is 45.0. The Kier molecular flexibility index (Phi) is 4.83. The molecule has 3 fully saturated rings. The van der Waals surface area contributed by atoms with E-state index in [1.807, 2.05) is 46.2 Å². The summed E-state index contributed by atoms with van der Waals surface area (Å²) < 4.78 is 0. The summed E-state index contributed by atoms with van der Waals surface area (Å²) in [5.41, 5.74) is 2.80. The third kappa shape index (κ3) is 3.59. The van der Waals surface area contributed by atoms with Gasteiger partial charge in [0.1, 0.15) is 23.4 Å². The van der Waals surface area contributed by atoms with Gasteiger partial charge in [0.05, 0.1) is 0 Å². The normalized spacial score (nSPS) is 20.9. The summed E-state index contributed by atoms with van der Waals surface area (Å²) >= 11 is 0. The molecule has 0 radical (unpaired) electrons. The molecule has 1 N–H and O–H groups in total. The third-order valence-electron chi connectivity index (χ3n) is 7.44. The quantitative estimate of drug-likeness (QED) is 0.648. The number of carbonyl (C=O) groups is 3. The van der Waals surface area contributed by atoms with Gasteiger partial charge in [-0.15, -0.1) is 0 Å². The fourth-order valence-electron chi connectivity index (χ4n) is 5.03. The largest absolute Gasteiger partial charge is 0.508 e. The van der Waals surface area contributed by atoms with Crippen LogP contribution in [0.25, 0.3) is 11.1 Å². The highest BCUT2D eigenvalue weighted by atomic mass is 16.3. The number of aldehydes is 1. The second kappa shape index (κ2) is 7.79. The van der Waals surface area contributed by atoms with Gasteiger partial charge in [0.25, 0.3) is 5.91 Å². The van der Waals surface area contributed by atoms with Crippen molar-refractivity contribution < 1.29 is 19.5 Å². The lowest BCUT2D eigenvalue weighted by Gasteiger charge is -2.41. The molecule has 0 aromatic heterocycles. The highest BCUT2D eigenvalue weighted by Gasteiger charge is 2.57. The average Bonchev–Trinajstić information content (AvgIpc) is 3.73. The third-order valence-corrected chi connectivity index (χ3v) is 7.44. The summed E-state index contributed by atoms with van der Waals surface area (Å²) in [7, 11) is 0. The molecule has 1 spiro atoms. The van der Waals surface area contributed by atoms with Crippen molar-refractivity contribution in [3.05, 3.63) is 53.6 Å². The van der Waals surface area contributed by atoms with Crippen LogP contribution in [0.3, 0.4) is 0 Å². The molecule has 34 heavy (non-hydrogen) atoms. The van der Waals surface area contributed by atoms with Crippen LogP contribution in [-0.2, 0) is 20.8 Å². The van der Waals surface area contributed by atoms with Crippen molar-refractivity contribution in [1.29, 1.82) is 0 Å². The predicted octanol–water partition coefficient (Wildman–Crippen LogP) is 2.79. The van der Waals surface area contributed by atoms with Crippen molar-refractivity contribution in [3.8, 4) is 16.9 Å². The van der Waals surface area contributed by atoms with Crippen LogP contribution in [0.1, 0.15) is 36.8 Å². The SMILES string of the molecule is O=CCc1cc(-c2ccc(C3=NC4(CC4)C(=O)N3CC3CN(C(=O)C4CC4)C3)cc2)ccc1O. The van der Waals surface area contributed by atoms with Gasteiger partial charge in [-0.3, -0.25) is 19.5 Å². The van der Waals surface area contributed by atoms with E-state index < -0.39 is 5.54 Å². The number of likely N-dealkylation sites (tertiary alicyclic amines) is 1. The van der Waals surface area contributed by atoms with Gasteiger partial charge < -0.3 is 14.8 Å². The van der Waals surface area contributed by atoms with Gasteiger partial charge in [-0.1, -0.05) is 30.3 Å². The van der Waals surface area contributed by atoms with Crippen LogP contribution >= 0.6 is 0 Å². The molecule has 2 heterocycles. The fourth-order valence-corrected chi connectivity index (χ4v) is 5.03.